The zero-order valence-corrected chi connectivity index (χ0v) is 11.5. The summed E-state index contributed by atoms with van der Waals surface area (Å²) < 4.78 is 0. The SMILES string of the molecule is NC(=S)CCN(C(=O)Cc1cccc(O)c1)C1CC1. The third-order valence-electron chi connectivity index (χ3n) is 3.17. The fraction of sp³-hybridized carbons (Fsp3) is 0.429. The molecule has 0 unspecified atom stereocenters. The molecule has 4 nitrogen and oxygen atoms in total. The van der Waals surface area contributed by atoms with E-state index in [1.54, 1.807) is 18.2 Å². The predicted molar refractivity (Wildman–Crippen MR) is 77.9 cm³/mol. The van der Waals surface area contributed by atoms with Gasteiger partial charge in [-0.1, -0.05) is 24.4 Å². The number of nitrogens with zero attached hydrogens (tertiary/aromatic N) is 1. The number of hydrogen-bond donors (Lipinski definition) is 2. The first kappa shape index (κ1) is 13.8. The van der Waals surface area contributed by atoms with E-state index in [1.807, 2.05) is 11.0 Å². The lowest BCUT2D eigenvalue weighted by atomic mass is 10.1. The Hall–Kier alpha value is -1.62. The number of nitrogens with two attached hydrogens (primary N) is 1. The standard InChI is InChI=1S/C14H18N2O2S/c15-13(19)6-7-16(11-4-5-11)14(18)9-10-2-1-3-12(17)8-10/h1-3,8,11,17H,4-7,9H2,(H2,15,19). The van der Waals surface area contributed by atoms with Crippen LogP contribution in [-0.2, 0) is 11.2 Å². The Labute approximate surface area is 118 Å². The molecule has 0 saturated heterocycles. The van der Waals surface area contributed by atoms with Crippen LogP contribution in [0.5, 0.6) is 5.75 Å². The molecule has 1 fully saturated rings. The molecule has 1 saturated carbocycles. The maximum Gasteiger partial charge on any atom is 0.227 e. The summed E-state index contributed by atoms with van der Waals surface area (Å²) >= 11 is 4.86. The first-order valence-electron chi connectivity index (χ1n) is 6.42. The van der Waals surface area contributed by atoms with Crippen LogP contribution in [0, 0.1) is 0 Å². The Bertz CT molecular complexity index is 486. The number of hydrogen-bond acceptors (Lipinski definition) is 3. The molecule has 5 heteroatoms. The van der Waals surface area contributed by atoms with Crippen LogP contribution in [0.25, 0.3) is 0 Å². The van der Waals surface area contributed by atoms with Gasteiger partial charge in [-0.25, -0.2) is 0 Å². The van der Waals surface area contributed by atoms with Crippen molar-refractivity contribution >= 4 is 23.1 Å². The van der Waals surface area contributed by atoms with E-state index in [0.717, 1.165) is 18.4 Å². The van der Waals surface area contributed by atoms with Crippen LogP contribution in [0.1, 0.15) is 24.8 Å². The lowest BCUT2D eigenvalue weighted by Gasteiger charge is -2.22. The Balaban J connectivity index is 1.97. The van der Waals surface area contributed by atoms with Gasteiger partial charge in [-0.2, -0.15) is 0 Å². The van der Waals surface area contributed by atoms with E-state index in [1.165, 1.54) is 0 Å². The quantitative estimate of drug-likeness (QED) is 0.776. The second-order valence-electron chi connectivity index (χ2n) is 4.88. The zero-order valence-electron chi connectivity index (χ0n) is 10.7. The smallest absolute Gasteiger partial charge is 0.227 e. The number of aromatic hydroxyl groups is 1. The Kier molecular flexibility index (Phi) is 4.37. The van der Waals surface area contributed by atoms with Gasteiger partial charge < -0.3 is 15.7 Å². The van der Waals surface area contributed by atoms with Crippen molar-refractivity contribution in [3.05, 3.63) is 29.8 Å². The molecular weight excluding hydrogens is 260 g/mol. The molecule has 0 radical (unpaired) electrons. The summed E-state index contributed by atoms with van der Waals surface area (Å²) in [5, 5.41) is 9.40. The largest absolute Gasteiger partial charge is 0.508 e. The predicted octanol–water partition coefficient (Wildman–Crippen LogP) is 1.60. The van der Waals surface area contributed by atoms with Crippen LogP contribution < -0.4 is 5.73 Å². The monoisotopic (exact) mass is 278 g/mol. The summed E-state index contributed by atoms with van der Waals surface area (Å²) in [7, 11) is 0. The van der Waals surface area contributed by atoms with Crippen molar-refractivity contribution in [2.24, 2.45) is 5.73 Å². The average molecular weight is 278 g/mol. The van der Waals surface area contributed by atoms with E-state index in [-0.39, 0.29) is 11.7 Å². The number of carbonyl (C=O) groups is 1. The van der Waals surface area contributed by atoms with Crippen molar-refractivity contribution < 1.29 is 9.90 Å². The van der Waals surface area contributed by atoms with Crippen molar-refractivity contribution in [3.63, 3.8) is 0 Å². The molecule has 0 bridgehead atoms. The molecule has 0 aliphatic heterocycles. The number of amides is 1. The molecule has 0 aromatic heterocycles. The third kappa shape index (κ3) is 4.21. The maximum atomic E-state index is 12.3. The van der Waals surface area contributed by atoms with Gasteiger partial charge in [-0.15, -0.1) is 0 Å². The summed E-state index contributed by atoms with van der Waals surface area (Å²) in [6, 6.07) is 7.15. The van der Waals surface area contributed by atoms with Crippen LogP contribution in [0.3, 0.4) is 0 Å². The van der Waals surface area contributed by atoms with Crippen LogP contribution in [0.15, 0.2) is 24.3 Å². The van der Waals surface area contributed by atoms with Crippen molar-refractivity contribution in [2.45, 2.75) is 31.7 Å². The highest BCUT2D eigenvalue weighted by Crippen LogP contribution is 2.27. The first-order valence-corrected chi connectivity index (χ1v) is 6.83. The van der Waals surface area contributed by atoms with Crippen LogP contribution >= 0.6 is 12.2 Å². The van der Waals surface area contributed by atoms with Gasteiger partial charge in [0.1, 0.15) is 5.75 Å². The molecule has 19 heavy (non-hydrogen) atoms. The van der Waals surface area contributed by atoms with Gasteiger partial charge in [0, 0.05) is 19.0 Å². The topological polar surface area (TPSA) is 66.6 Å². The van der Waals surface area contributed by atoms with Gasteiger partial charge >= 0.3 is 0 Å². The van der Waals surface area contributed by atoms with Gasteiger partial charge in [-0.3, -0.25) is 4.79 Å². The highest BCUT2D eigenvalue weighted by molar-refractivity contribution is 7.80. The normalized spacial score (nSPS) is 14.1. The molecule has 102 valence electrons. The van der Waals surface area contributed by atoms with Gasteiger partial charge in [0.15, 0.2) is 0 Å². The van der Waals surface area contributed by atoms with E-state index >= 15 is 0 Å². The van der Waals surface area contributed by atoms with Crippen molar-refractivity contribution in [1.82, 2.24) is 4.90 Å². The Morgan fingerprint density at radius 1 is 1.47 bits per heavy atom. The van der Waals surface area contributed by atoms with Crippen molar-refractivity contribution in [2.75, 3.05) is 6.54 Å². The number of carbonyl (C=O) groups excluding carboxylic acids is 1. The molecule has 1 amide bonds. The fourth-order valence-electron chi connectivity index (χ4n) is 2.07. The van der Waals surface area contributed by atoms with E-state index in [4.69, 9.17) is 18.0 Å². The molecule has 0 spiro atoms. The number of thiocarbonyl (C=S) groups is 1. The number of phenols is 1. The summed E-state index contributed by atoms with van der Waals surface area (Å²) in [6.07, 6.45) is 2.99. The van der Waals surface area contributed by atoms with E-state index in [0.29, 0.717) is 30.4 Å². The number of rotatable bonds is 6. The molecule has 0 heterocycles. The molecule has 0 atom stereocenters. The number of phenolic OH excluding ortho intramolecular Hbond substituents is 1. The minimum Gasteiger partial charge on any atom is -0.508 e. The maximum absolute atomic E-state index is 12.3. The zero-order chi connectivity index (χ0) is 13.8. The second-order valence-corrected chi connectivity index (χ2v) is 5.41. The fourth-order valence-corrected chi connectivity index (χ4v) is 2.16. The molecular formula is C14H18N2O2S. The molecule has 1 aliphatic carbocycles. The van der Waals surface area contributed by atoms with Crippen LogP contribution in [0.4, 0.5) is 0 Å². The Morgan fingerprint density at radius 2 is 2.21 bits per heavy atom. The van der Waals surface area contributed by atoms with Gasteiger partial charge in [0.25, 0.3) is 0 Å². The molecule has 1 aromatic rings. The highest BCUT2D eigenvalue weighted by atomic mass is 32.1. The van der Waals surface area contributed by atoms with Gasteiger partial charge in [0.05, 0.1) is 11.4 Å². The summed E-state index contributed by atoms with van der Waals surface area (Å²) in [4.78, 5) is 14.6. The summed E-state index contributed by atoms with van der Waals surface area (Å²) in [6.45, 7) is 0.595. The summed E-state index contributed by atoms with van der Waals surface area (Å²) in [5.74, 6) is 0.260. The van der Waals surface area contributed by atoms with Crippen molar-refractivity contribution in [3.8, 4) is 5.75 Å². The average Bonchev–Trinajstić information content (AvgIpc) is 3.13. The molecule has 1 aromatic carbocycles. The minimum atomic E-state index is 0.0735. The number of benzene rings is 1. The molecule has 3 N–H and O–H groups in total. The van der Waals surface area contributed by atoms with Crippen LogP contribution in [0.2, 0.25) is 0 Å². The molecule has 2 rings (SSSR count). The van der Waals surface area contributed by atoms with Gasteiger partial charge in [0.2, 0.25) is 5.91 Å². The minimum absolute atomic E-state index is 0.0735. The Morgan fingerprint density at radius 3 is 2.79 bits per heavy atom. The van der Waals surface area contributed by atoms with Gasteiger partial charge in [-0.05, 0) is 30.5 Å². The molecule has 1 aliphatic rings. The lowest BCUT2D eigenvalue weighted by Crippen LogP contribution is -2.36. The first-order chi connectivity index (χ1) is 9.06. The lowest BCUT2D eigenvalue weighted by molar-refractivity contribution is -0.130. The third-order valence-corrected chi connectivity index (χ3v) is 3.38. The van der Waals surface area contributed by atoms with Crippen LogP contribution in [-0.4, -0.2) is 33.5 Å². The van der Waals surface area contributed by atoms with E-state index < -0.39 is 0 Å². The highest BCUT2D eigenvalue weighted by Gasteiger charge is 2.32. The van der Waals surface area contributed by atoms with Crippen molar-refractivity contribution in [1.29, 1.82) is 0 Å². The van der Waals surface area contributed by atoms with E-state index in [2.05, 4.69) is 0 Å². The van der Waals surface area contributed by atoms with E-state index in [9.17, 15) is 9.90 Å². The second kappa shape index (κ2) is 6.02. The summed E-state index contributed by atoms with van der Waals surface area (Å²) in [5.41, 5.74) is 6.32.